The van der Waals surface area contributed by atoms with Crippen LogP contribution in [0, 0.1) is 5.92 Å². The van der Waals surface area contributed by atoms with Gasteiger partial charge in [-0.25, -0.2) is 0 Å². The third-order valence-electron chi connectivity index (χ3n) is 1.70. The van der Waals surface area contributed by atoms with Crippen molar-refractivity contribution in [3.63, 3.8) is 0 Å². The van der Waals surface area contributed by atoms with E-state index in [1.54, 1.807) is 20.9 Å². The van der Waals surface area contributed by atoms with Crippen molar-refractivity contribution in [3.05, 3.63) is 0 Å². The van der Waals surface area contributed by atoms with Crippen LogP contribution in [0.2, 0.25) is 0 Å². The summed E-state index contributed by atoms with van der Waals surface area (Å²) in [6, 6.07) is -0.852. The highest BCUT2D eigenvalue weighted by Crippen LogP contribution is 2.14. The maximum Gasteiger partial charge on any atom is 0.323 e. The van der Waals surface area contributed by atoms with Crippen molar-refractivity contribution in [3.8, 4) is 0 Å². The molecule has 72 valence electrons. The Kier molecular flexibility index (Phi) is 4.68. The van der Waals surface area contributed by atoms with Gasteiger partial charge in [-0.05, 0) is 13.0 Å². The van der Waals surface area contributed by atoms with Crippen LogP contribution in [-0.4, -0.2) is 40.0 Å². The van der Waals surface area contributed by atoms with Crippen LogP contribution in [0.4, 0.5) is 0 Å². The zero-order chi connectivity index (χ0) is 9.89. The molecule has 0 aliphatic carbocycles. The van der Waals surface area contributed by atoms with Crippen LogP contribution in [0.3, 0.4) is 0 Å². The Balaban J connectivity index is 4.40. The SMILES string of the molecule is CC(C)[C@H](O)[C@@H](C(=O)O)N(C)P. The minimum atomic E-state index is -1.01. The molecule has 0 fully saturated rings. The van der Waals surface area contributed by atoms with Crippen molar-refractivity contribution in [2.45, 2.75) is 26.0 Å². The lowest BCUT2D eigenvalue weighted by Gasteiger charge is -2.27. The number of nitrogens with zero attached hydrogens (tertiary/aromatic N) is 1. The molecule has 12 heavy (non-hydrogen) atoms. The highest BCUT2D eigenvalue weighted by molar-refractivity contribution is 7.13. The Morgan fingerprint density at radius 2 is 1.92 bits per heavy atom. The first-order valence-electron chi connectivity index (χ1n) is 3.76. The first kappa shape index (κ1) is 11.8. The Labute approximate surface area is 74.8 Å². The van der Waals surface area contributed by atoms with Gasteiger partial charge in [-0.3, -0.25) is 9.46 Å². The third-order valence-corrected chi connectivity index (χ3v) is 2.02. The topological polar surface area (TPSA) is 60.8 Å². The molecular weight excluding hydrogens is 177 g/mol. The normalized spacial score (nSPS) is 16.6. The molecule has 0 amide bonds. The summed E-state index contributed by atoms with van der Waals surface area (Å²) in [7, 11) is 3.85. The smallest absolute Gasteiger partial charge is 0.323 e. The summed E-state index contributed by atoms with van der Waals surface area (Å²) < 4.78 is 1.42. The van der Waals surface area contributed by atoms with Crippen molar-refractivity contribution >= 4 is 15.4 Å². The lowest BCUT2D eigenvalue weighted by Crippen LogP contribution is -2.45. The first-order chi connectivity index (χ1) is 5.37. The number of likely N-dealkylation sites (N-methyl/N-ethyl adjacent to an activating group) is 1. The average molecular weight is 193 g/mol. The second-order valence-corrected chi connectivity index (χ2v) is 4.00. The van der Waals surface area contributed by atoms with Gasteiger partial charge in [0.1, 0.15) is 6.04 Å². The molecule has 0 aromatic carbocycles. The molecule has 0 saturated carbocycles. The predicted molar refractivity (Wildman–Crippen MR) is 49.7 cm³/mol. The van der Waals surface area contributed by atoms with Crippen LogP contribution in [0.15, 0.2) is 0 Å². The number of rotatable bonds is 4. The van der Waals surface area contributed by atoms with E-state index in [9.17, 15) is 9.90 Å². The molecule has 4 nitrogen and oxygen atoms in total. The number of aliphatic carboxylic acids is 1. The van der Waals surface area contributed by atoms with E-state index in [4.69, 9.17) is 5.11 Å². The van der Waals surface area contributed by atoms with E-state index in [1.807, 2.05) is 0 Å². The molecule has 0 aliphatic heterocycles. The van der Waals surface area contributed by atoms with E-state index in [-0.39, 0.29) is 5.92 Å². The average Bonchev–Trinajstić information content (AvgIpc) is 1.85. The van der Waals surface area contributed by atoms with Gasteiger partial charge in [-0.1, -0.05) is 23.2 Å². The zero-order valence-corrected chi connectivity index (χ0v) is 8.71. The van der Waals surface area contributed by atoms with Gasteiger partial charge < -0.3 is 10.2 Å². The fourth-order valence-electron chi connectivity index (χ4n) is 0.926. The number of aliphatic hydroxyl groups excluding tert-OH is 1. The number of carbonyl (C=O) groups is 1. The molecule has 5 heteroatoms. The zero-order valence-electron chi connectivity index (χ0n) is 7.56. The molecule has 0 aromatic heterocycles. The molecule has 0 rings (SSSR count). The molecule has 0 aromatic rings. The number of hydrogen-bond donors (Lipinski definition) is 2. The molecule has 0 bridgehead atoms. The molecule has 3 atom stereocenters. The minimum Gasteiger partial charge on any atom is -0.480 e. The van der Waals surface area contributed by atoms with E-state index in [2.05, 4.69) is 9.39 Å². The quantitative estimate of drug-likeness (QED) is 0.625. The molecule has 1 unspecified atom stereocenters. The fourth-order valence-corrected chi connectivity index (χ4v) is 1.23. The highest BCUT2D eigenvalue weighted by Gasteiger charge is 2.30. The van der Waals surface area contributed by atoms with E-state index in [0.29, 0.717) is 0 Å². The van der Waals surface area contributed by atoms with Crippen molar-refractivity contribution in [2.75, 3.05) is 7.05 Å². The summed E-state index contributed by atoms with van der Waals surface area (Å²) in [5.74, 6) is -1.07. The first-order valence-corrected chi connectivity index (χ1v) is 4.28. The largest absolute Gasteiger partial charge is 0.480 e. The minimum absolute atomic E-state index is 0.0610. The summed E-state index contributed by atoms with van der Waals surface area (Å²) in [5, 5.41) is 18.2. The maximum absolute atomic E-state index is 10.7. The Morgan fingerprint density at radius 3 is 2.00 bits per heavy atom. The van der Waals surface area contributed by atoms with E-state index < -0.39 is 18.1 Å². The lowest BCUT2D eigenvalue weighted by molar-refractivity contribution is -0.145. The summed E-state index contributed by atoms with van der Waals surface area (Å²) in [6.45, 7) is 3.57. The van der Waals surface area contributed by atoms with Crippen LogP contribution in [-0.2, 0) is 4.79 Å². The van der Waals surface area contributed by atoms with E-state index >= 15 is 0 Å². The monoisotopic (exact) mass is 193 g/mol. The molecule has 0 spiro atoms. The maximum atomic E-state index is 10.7. The Hall–Kier alpha value is -0.180. The molecule has 0 aliphatic rings. The number of carboxylic acids is 1. The van der Waals surface area contributed by atoms with Gasteiger partial charge in [0.25, 0.3) is 0 Å². The molecule has 2 N–H and O–H groups in total. The molecule has 0 heterocycles. The summed E-state index contributed by atoms with van der Waals surface area (Å²) in [4.78, 5) is 10.7. The van der Waals surface area contributed by atoms with E-state index in [1.165, 1.54) is 4.67 Å². The second-order valence-electron chi connectivity index (χ2n) is 3.18. The van der Waals surface area contributed by atoms with Gasteiger partial charge >= 0.3 is 5.97 Å². The Morgan fingerprint density at radius 1 is 1.50 bits per heavy atom. The summed E-state index contributed by atoms with van der Waals surface area (Å²) in [6.07, 6.45) is -0.843. The Bertz CT molecular complexity index is 161. The highest BCUT2D eigenvalue weighted by atomic mass is 31.0. The van der Waals surface area contributed by atoms with Gasteiger partial charge in [0.15, 0.2) is 0 Å². The fraction of sp³-hybridized carbons (Fsp3) is 0.857. The number of aliphatic hydroxyl groups is 1. The van der Waals surface area contributed by atoms with E-state index in [0.717, 1.165) is 0 Å². The van der Waals surface area contributed by atoms with Gasteiger partial charge in [-0.2, -0.15) is 0 Å². The molecule has 0 saturated heterocycles. The van der Waals surface area contributed by atoms with Crippen molar-refractivity contribution in [1.82, 2.24) is 4.67 Å². The van der Waals surface area contributed by atoms with Gasteiger partial charge in [0, 0.05) is 0 Å². The molecule has 0 radical (unpaired) electrons. The van der Waals surface area contributed by atoms with Crippen LogP contribution < -0.4 is 0 Å². The summed E-state index contributed by atoms with van der Waals surface area (Å²) in [5.41, 5.74) is 0. The third kappa shape index (κ3) is 3.05. The van der Waals surface area contributed by atoms with Crippen molar-refractivity contribution in [2.24, 2.45) is 5.92 Å². The summed E-state index contributed by atoms with van der Waals surface area (Å²) >= 11 is 0. The van der Waals surface area contributed by atoms with Crippen molar-refractivity contribution in [1.29, 1.82) is 0 Å². The molecular formula is C7H16NO3P. The predicted octanol–water partition coefficient (Wildman–Crippen LogP) is 0.178. The number of carboxylic acid groups (broad SMARTS) is 1. The van der Waals surface area contributed by atoms with Crippen LogP contribution in [0.1, 0.15) is 13.8 Å². The van der Waals surface area contributed by atoms with Crippen LogP contribution in [0.5, 0.6) is 0 Å². The van der Waals surface area contributed by atoms with Crippen LogP contribution >= 0.6 is 9.39 Å². The van der Waals surface area contributed by atoms with Crippen molar-refractivity contribution < 1.29 is 15.0 Å². The lowest BCUT2D eigenvalue weighted by atomic mass is 10.00. The van der Waals surface area contributed by atoms with Gasteiger partial charge in [0.2, 0.25) is 0 Å². The standard InChI is InChI=1S/C7H16NO3P/c1-4(2)6(9)5(7(10)11)8(3)12/h4-6,9H,12H2,1-3H3,(H,10,11)/t5-,6-/m0/s1. The number of hydrogen-bond acceptors (Lipinski definition) is 3. The van der Waals surface area contributed by atoms with Gasteiger partial charge in [-0.15, -0.1) is 0 Å². The van der Waals surface area contributed by atoms with Gasteiger partial charge in [0.05, 0.1) is 6.10 Å². The second kappa shape index (κ2) is 4.75. The van der Waals surface area contributed by atoms with Crippen LogP contribution in [0.25, 0.3) is 0 Å².